The second-order valence-electron chi connectivity index (χ2n) is 4.58. The molecule has 1 aliphatic rings. The summed E-state index contributed by atoms with van der Waals surface area (Å²) in [6.07, 6.45) is 0.734. The summed E-state index contributed by atoms with van der Waals surface area (Å²) >= 11 is 0. The molecular weight excluding hydrogens is 240 g/mol. The Bertz CT molecular complexity index is 436. The van der Waals surface area contributed by atoms with E-state index in [1.807, 2.05) is 31.2 Å². The lowest BCUT2D eigenvalue weighted by Crippen LogP contribution is -2.43. The quantitative estimate of drug-likeness (QED) is 0.810. The molecule has 102 valence electrons. The van der Waals surface area contributed by atoms with Gasteiger partial charge in [-0.3, -0.25) is 4.90 Å². The van der Waals surface area contributed by atoms with Gasteiger partial charge in [0.2, 0.25) is 0 Å². The molecule has 0 amide bonds. The van der Waals surface area contributed by atoms with Crippen molar-refractivity contribution in [2.45, 2.75) is 19.4 Å². The molecule has 19 heavy (non-hydrogen) atoms. The van der Waals surface area contributed by atoms with E-state index in [0.717, 1.165) is 44.0 Å². The molecule has 0 N–H and O–H groups in total. The number of rotatable bonds is 5. The molecular formula is C15H20N2O2. The van der Waals surface area contributed by atoms with E-state index in [2.05, 4.69) is 11.0 Å². The first-order valence-electron chi connectivity index (χ1n) is 6.76. The summed E-state index contributed by atoms with van der Waals surface area (Å²) in [4.78, 5) is 2.19. The van der Waals surface area contributed by atoms with Gasteiger partial charge in [-0.2, -0.15) is 5.26 Å². The number of nitrogens with zero attached hydrogens (tertiary/aromatic N) is 2. The third-order valence-electron chi connectivity index (χ3n) is 3.27. The average Bonchev–Trinajstić information content (AvgIpc) is 2.46. The highest BCUT2D eigenvalue weighted by atomic mass is 16.5. The Morgan fingerprint density at radius 2 is 2.21 bits per heavy atom. The van der Waals surface area contributed by atoms with Crippen molar-refractivity contribution < 1.29 is 9.47 Å². The van der Waals surface area contributed by atoms with Gasteiger partial charge in [0.1, 0.15) is 11.8 Å². The molecule has 4 heteroatoms. The summed E-state index contributed by atoms with van der Waals surface area (Å²) < 4.78 is 10.8. The van der Waals surface area contributed by atoms with E-state index in [1.165, 1.54) is 0 Å². The summed E-state index contributed by atoms with van der Waals surface area (Å²) in [5, 5.41) is 9.35. The van der Waals surface area contributed by atoms with Crippen LogP contribution in [0.5, 0.6) is 5.75 Å². The van der Waals surface area contributed by atoms with Crippen LogP contribution in [0.25, 0.3) is 0 Å². The summed E-state index contributed by atoms with van der Waals surface area (Å²) in [5.41, 5.74) is 1.14. The van der Waals surface area contributed by atoms with E-state index in [9.17, 15) is 5.26 Å². The molecule has 2 rings (SSSR count). The number of nitriles is 1. The van der Waals surface area contributed by atoms with Crippen molar-refractivity contribution in [1.82, 2.24) is 4.90 Å². The third-order valence-corrected chi connectivity index (χ3v) is 3.27. The van der Waals surface area contributed by atoms with Gasteiger partial charge in [-0.25, -0.2) is 0 Å². The molecule has 1 unspecified atom stereocenters. The lowest BCUT2D eigenvalue weighted by molar-refractivity contribution is 0.0270. The van der Waals surface area contributed by atoms with Gasteiger partial charge in [-0.15, -0.1) is 0 Å². The van der Waals surface area contributed by atoms with Crippen LogP contribution in [0, 0.1) is 11.3 Å². The molecule has 0 radical (unpaired) electrons. The van der Waals surface area contributed by atoms with Crippen molar-refractivity contribution in [2.24, 2.45) is 0 Å². The highest BCUT2D eigenvalue weighted by molar-refractivity contribution is 5.29. The number of morpholine rings is 1. The van der Waals surface area contributed by atoms with Gasteiger partial charge >= 0.3 is 0 Å². The second kappa shape index (κ2) is 7.13. The molecule has 0 bridgehead atoms. The summed E-state index contributed by atoms with van der Waals surface area (Å²) in [6, 6.07) is 10.3. The van der Waals surface area contributed by atoms with Crippen LogP contribution >= 0.6 is 0 Å². The summed E-state index contributed by atoms with van der Waals surface area (Å²) in [7, 11) is 0. The van der Waals surface area contributed by atoms with Gasteiger partial charge in [0.05, 0.1) is 25.9 Å². The minimum absolute atomic E-state index is 0.0826. The van der Waals surface area contributed by atoms with Gasteiger partial charge in [0.25, 0.3) is 0 Å². The molecule has 1 heterocycles. The van der Waals surface area contributed by atoms with Crippen molar-refractivity contribution in [3.63, 3.8) is 0 Å². The van der Waals surface area contributed by atoms with Crippen LogP contribution in [0.15, 0.2) is 24.3 Å². The number of ether oxygens (including phenoxy) is 2. The Hall–Kier alpha value is -1.57. The maximum atomic E-state index is 9.35. The Labute approximate surface area is 114 Å². The fourth-order valence-corrected chi connectivity index (χ4v) is 2.30. The molecule has 1 aliphatic heterocycles. The van der Waals surface area contributed by atoms with Gasteiger partial charge in [-0.05, 0) is 24.6 Å². The smallest absolute Gasteiger partial charge is 0.119 e. The van der Waals surface area contributed by atoms with E-state index in [4.69, 9.17) is 9.47 Å². The maximum absolute atomic E-state index is 9.35. The fraction of sp³-hybridized carbons (Fsp3) is 0.533. The topological polar surface area (TPSA) is 45.5 Å². The zero-order valence-electron chi connectivity index (χ0n) is 11.3. The number of hydrogen-bond acceptors (Lipinski definition) is 4. The first kappa shape index (κ1) is 13.9. The van der Waals surface area contributed by atoms with Crippen molar-refractivity contribution in [3.05, 3.63) is 29.8 Å². The Kier molecular flexibility index (Phi) is 5.20. The molecule has 0 saturated carbocycles. The molecule has 0 spiro atoms. The van der Waals surface area contributed by atoms with E-state index in [0.29, 0.717) is 6.61 Å². The monoisotopic (exact) mass is 260 g/mol. The van der Waals surface area contributed by atoms with Crippen LogP contribution < -0.4 is 4.74 Å². The standard InChI is InChI=1S/C15H20N2O2/c1-2-19-15-5-3-4-13(11-15)10-14(12-16)17-6-8-18-9-7-17/h3-5,11,14H,2,6-10H2,1H3. The highest BCUT2D eigenvalue weighted by Crippen LogP contribution is 2.16. The Balaban J connectivity index is 2.01. The normalized spacial score (nSPS) is 17.7. The zero-order chi connectivity index (χ0) is 13.5. The molecule has 1 aromatic rings. The lowest BCUT2D eigenvalue weighted by Gasteiger charge is -2.30. The Morgan fingerprint density at radius 3 is 2.89 bits per heavy atom. The fourth-order valence-electron chi connectivity index (χ4n) is 2.30. The Morgan fingerprint density at radius 1 is 1.42 bits per heavy atom. The van der Waals surface area contributed by atoms with Crippen molar-refractivity contribution in [1.29, 1.82) is 5.26 Å². The van der Waals surface area contributed by atoms with Gasteiger partial charge in [0.15, 0.2) is 0 Å². The molecule has 1 atom stereocenters. The van der Waals surface area contributed by atoms with Crippen LogP contribution in [0.2, 0.25) is 0 Å². The van der Waals surface area contributed by atoms with E-state index in [1.54, 1.807) is 0 Å². The van der Waals surface area contributed by atoms with Gasteiger partial charge < -0.3 is 9.47 Å². The van der Waals surface area contributed by atoms with Crippen LogP contribution in [-0.2, 0) is 11.2 Å². The number of benzene rings is 1. The summed E-state index contributed by atoms with van der Waals surface area (Å²) in [5.74, 6) is 0.874. The van der Waals surface area contributed by atoms with Gasteiger partial charge in [-0.1, -0.05) is 12.1 Å². The van der Waals surface area contributed by atoms with E-state index in [-0.39, 0.29) is 6.04 Å². The molecule has 0 aliphatic carbocycles. The van der Waals surface area contributed by atoms with Crippen LogP contribution in [0.1, 0.15) is 12.5 Å². The third kappa shape index (κ3) is 3.95. The molecule has 4 nitrogen and oxygen atoms in total. The van der Waals surface area contributed by atoms with Crippen molar-refractivity contribution in [3.8, 4) is 11.8 Å². The average molecular weight is 260 g/mol. The number of hydrogen-bond donors (Lipinski definition) is 0. The predicted octanol–water partition coefficient (Wildman–Crippen LogP) is 1.85. The minimum Gasteiger partial charge on any atom is -0.494 e. The van der Waals surface area contributed by atoms with Crippen molar-refractivity contribution in [2.75, 3.05) is 32.9 Å². The SMILES string of the molecule is CCOc1cccc(CC(C#N)N2CCOCC2)c1. The predicted molar refractivity (Wildman–Crippen MR) is 73.1 cm³/mol. The highest BCUT2D eigenvalue weighted by Gasteiger charge is 2.20. The first-order valence-corrected chi connectivity index (χ1v) is 6.76. The first-order chi connectivity index (χ1) is 9.33. The van der Waals surface area contributed by atoms with E-state index >= 15 is 0 Å². The van der Waals surface area contributed by atoms with E-state index < -0.39 is 0 Å². The van der Waals surface area contributed by atoms with Gasteiger partial charge in [0, 0.05) is 19.5 Å². The van der Waals surface area contributed by atoms with Crippen LogP contribution in [0.3, 0.4) is 0 Å². The minimum atomic E-state index is -0.0826. The zero-order valence-corrected chi connectivity index (χ0v) is 11.3. The maximum Gasteiger partial charge on any atom is 0.119 e. The van der Waals surface area contributed by atoms with Crippen molar-refractivity contribution >= 4 is 0 Å². The molecule has 0 aromatic heterocycles. The molecule has 1 fully saturated rings. The van der Waals surface area contributed by atoms with Crippen LogP contribution in [0.4, 0.5) is 0 Å². The lowest BCUT2D eigenvalue weighted by atomic mass is 10.0. The molecule has 1 saturated heterocycles. The summed E-state index contributed by atoms with van der Waals surface area (Å²) in [6.45, 7) is 5.74. The molecule has 1 aromatic carbocycles. The largest absolute Gasteiger partial charge is 0.494 e. The second-order valence-corrected chi connectivity index (χ2v) is 4.58. The van der Waals surface area contributed by atoms with Crippen LogP contribution in [-0.4, -0.2) is 43.9 Å².